The van der Waals surface area contributed by atoms with Gasteiger partial charge in [-0.25, -0.2) is 0 Å². The van der Waals surface area contributed by atoms with E-state index in [0.29, 0.717) is 57.8 Å². The monoisotopic (exact) mass is 912 g/mol. The highest BCUT2D eigenvalue weighted by Crippen LogP contribution is 2.54. The fraction of sp³-hybridized carbons (Fsp3) is 0.780. The molecule has 15 nitrogen and oxygen atoms in total. The Labute approximate surface area is 385 Å². The number of nitrogens with zero attached hydrogens (tertiary/aromatic N) is 1. The van der Waals surface area contributed by atoms with E-state index in [1.165, 1.54) is 0 Å². The van der Waals surface area contributed by atoms with Gasteiger partial charge in [0, 0.05) is 49.0 Å². The van der Waals surface area contributed by atoms with Crippen molar-refractivity contribution in [1.29, 1.82) is 0 Å². The number of carboxylic acids is 1. The van der Waals surface area contributed by atoms with Gasteiger partial charge in [-0.1, -0.05) is 67.5 Å². The van der Waals surface area contributed by atoms with Crippen LogP contribution in [0.25, 0.3) is 0 Å². The SMILES string of the molecule is CCC(C(=O)[C@@H](C)[C@@H](O)[C@H](C)[C@@H]1O[C@@H]([C@@H](CC)C(=O)O)CC[C@@H]1C)[C@H]1O[C@]2(C=C[C@@H](NC(=O)C(=O)NCc3cccnc3)[C@]3(CC[C@@](C)([C@H]4CC[C@](O)(CC)[C@H](C)O4)O3)O2)[C@H](C)C[C@@H]1C. The van der Waals surface area contributed by atoms with Gasteiger partial charge in [0.15, 0.2) is 11.6 Å². The summed E-state index contributed by atoms with van der Waals surface area (Å²) in [5.74, 6) is -8.34. The first-order valence-electron chi connectivity index (χ1n) is 24.4. The molecule has 6 heterocycles. The van der Waals surface area contributed by atoms with E-state index in [2.05, 4.69) is 29.5 Å². The molecule has 1 aromatic rings. The number of nitrogens with one attached hydrogen (secondary N) is 2. The summed E-state index contributed by atoms with van der Waals surface area (Å²) in [4.78, 5) is 57.7. The van der Waals surface area contributed by atoms with Crippen LogP contribution in [0.2, 0.25) is 0 Å². The smallest absolute Gasteiger partial charge is 0.309 e. The number of hydrogen-bond donors (Lipinski definition) is 5. The topological polar surface area (TPSA) is 212 Å². The first-order valence-corrected chi connectivity index (χ1v) is 24.4. The van der Waals surface area contributed by atoms with Crippen LogP contribution in [0.15, 0.2) is 36.7 Å². The molecular formula is C50H77N3O12. The second-order valence-electron chi connectivity index (χ2n) is 20.5. The molecule has 1 aromatic heterocycles. The van der Waals surface area contributed by atoms with Crippen molar-refractivity contribution in [2.24, 2.45) is 41.4 Å². The summed E-state index contributed by atoms with van der Waals surface area (Å²) in [7, 11) is 0. The van der Waals surface area contributed by atoms with Crippen LogP contribution >= 0.6 is 0 Å². The first kappa shape index (κ1) is 51.1. The lowest BCUT2D eigenvalue weighted by Gasteiger charge is -2.55. The predicted molar refractivity (Wildman–Crippen MR) is 241 cm³/mol. The Hall–Kier alpha value is -3.31. The number of rotatable bonds is 15. The zero-order valence-electron chi connectivity index (χ0n) is 40.3. The molecule has 65 heavy (non-hydrogen) atoms. The van der Waals surface area contributed by atoms with Crippen molar-refractivity contribution in [3.05, 3.63) is 42.2 Å². The lowest BCUT2D eigenvalue weighted by Crippen LogP contribution is -2.66. The van der Waals surface area contributed by atoms with Gasteiger partial charge in [0.05, 0.1) is 53.7 Å². The maximum Gasteiger partial charge on any atom is 0.309 e. The fourth-order valence-electron chi connectivity index (χ4n) is 11.6. The molecular weight excluding hydrogens is 835 g/mol. The van der Waals surface area contributed by atoms with E-state index in [1.54, 1.807) is 43.6 Å². The number of aliphatic carboxylic acids is 1. The van der Waals surface area contributed by atoms with E-state index in [4.69, 9.17) is 23.7 Å². The minimum absolute atomic E-state index is 0.0687. The Kier molecular flexibility index (Phi) is 16.1. The number of ketones is 1. The van der Waals surface area contributed by atoms with E-state index in [1.807, 2.05) is 48.5 Å². The van der Waals surface area contributed by atoms with Crippen LogP contribution in [0.3, 0.4) is 0 Å². The Balaban J connectivity index is 1.24. The molecule has 5 aliphatic rings. The zero-order valence-corrected chi connectivity index (χ0v) is 40.3. The molecule has 0 aliphatic carbocycles. The van der Waals surface area contributed by atoms with Gasteiger partial charge in [-0.3, -0.25) is 24.2 Å². The second-order valence-corrected chi connectivity index (χ2v) is 20.5. The molecule has 5 N–H and O–H groups in total. The van der Waals surface area contributed by atoms with Crippen LogP contribution in [0.5, 0.6) is 0 Å². The fourth-order valence-corrected chi connectivity index (χ4v) is 11.6. The summed E-state index contributed by atoms with van der Waals surface area (Å²) in [5.41, 5.74) is -1.13. The zero-order chi connectivity index (χ0) is 47.6. The molecule has 0 aromatic carbocycles. The summed E-state index contributed by atoms with van der Waals surface area (Å²) >= 11 is 0. The number of carbonyl (C=O) groups is 4. The molecule has 18 atom stereocenters. The van der Waals surface area contributed by atoms with Gasteiger partial charge in [-0.05, 0) is 101 Å². The van der Waals surface area contributed by atoms with Gasteiger partial charge in [0.2, 0.25) is 0 Å². The average Bonchev–Trinajstić information content (AvgIpc) is 3.63. The summed E-state index contributed by atoms with van der Waals surface area (Å²) in [5, 5.41) is 38.6. The van der Waals surface area contributed by atoms with Crippen molar-refractivity contribution in [3.8, 4) is 0 Å². The lowest BCUT2D eigenvalue weighted by atomic mass is 9.72. The molecule has 0 saturated carbocycles. The third kappa shape index (κ3) is 10.4. The number of carbonyl (C=O) groups excluding carboxylic acids is 3. The highest BCUT2D eigenvalue weighted by molar-refractivity contribution is 6.35. The summed E-state index contributed by atoms with van der Waals surface area (Å²) in [6.07, 6.45) is 8.72. The quantitative estimate of drug-likeness (QED) is 0.101. The summed E-state index contributed by atoms with van der Waals surface area (Å²) < 4.78 is 34.4. The van der Waals surface area contributed by atoms with E-state index in [9.17, 15) is 34.5 Å². The van der Waals surface area contributed by atoms with E-state index in [-0.39, 0.29) is 30.1 Å². The van der Waals surface area contributed by atoms with Crippen LogP contribution in [0.1, 0.15) is 139 Å². The lowest BCUT2D eigenvalue weighted by molar-refractivity contribution is -0.398. The number of ether oxygens (including phenoxy) is 5. The van der Waals surface area contributed by atoms with Crippen LogP contribution in [-0.2, 0) is 49.4 Å². The van der Waals surface area contributed by atoms with Crippen molar-refractivity contribution in [2.45, 2.75) is 205 Å². The van der Waals surface area contributed by atoms with Crippen LogP contribution in [0.4, 0.5) is 0 Å². The minimum Gasteiger partial charge on any atom is -0.481 e. The molecule has 2 spiro atoms. The van der Waals surface area contributed by atoms with Gasteiger partial charge in [-0.15, -0.1) is 0 Å². The van der Waals surface area contributed by atoms with Crippen molar-refractivity contribution < 1.29 is 58.2 Å². The second kappa shape index (κ2) is 20.5. The van der Waals surface area contributed by atoms with Crippen LogP contribution in [-0.4, -0.2) is 109 Å². The van der Waals surface area contributed by atoms with Crippen LogP contribution in [0, 0.1) is 41.4 Å². The average molecular weight is 912 g/mol. The molecule has 0 bridgehead atoms. The number of amides is 2. The molecule has 6 rings (SSSR count). The molecule has 15 heteroatoms. The predicted octanol–water partition coefficient (Wildman–Crippen LogP) is 6.02. The normalized spacial score (nSPS) is 39.5. The van der Waals surface area contributed by atoms with Gasteiger partial charge >= 0.3 is 17.8 Å². The molecule has 4 fully saturated rings. The van der Waals surface area contributed by atoms with Crippen LogP contribution < -0.4 is 10.6 Å². The maximum absolute atomic E-state index is 14.7. The standard InChI is InChI=1S/C50H77N3O12/c1-11-35(46(58)59)37-17-16-28(4)42(62-37)32(8)40(54)31(7)41(55)36(12-2)43-29(5)25-30(6)49(63-43)21-18-38(53-45(57)44(56)52-27-34-15-14-24-51-26-34)50(65-49)23-22-47(10,64-50)39-19-20-48(60,13-3)33(9)61-39/h14-15,18,21,24,26,28-33,35-40,42-43,54,60H,11-13,16-17,19-20,22-23,25,27H2,1-10H3,(H,52,56)(H,53,57)(H,58,59)/t28-,29-,30+,31-,32-,33-,35+,36?,37+,38+,39+,40+,42+,43-,47-,48+,49-,50-/m0/s1. The molecule has 364 valence electrons. The van der Waals surface area contributed by atoms with E-state index in [0.717, 1.165) is 12.0 Å². The first-order chi connectivity index (χ1) is 30.7. The third-order valence-electron chi connectivity index (χ3n) is 16.1. The minimum atomic E-state index is -1.51. The summed E-state index contributed by atoms with van der Waals surface area (Å²) in [6, 6.07) is 2.63. The van der Waals surface area contributed by atoms with Gasteiger partial charge in [-0.2, -0.15) is 0 Å². The Morgan fingerprint density at radius 2 is 1.63 bits per heavy atom. The molecule has 0 radical (unpaired) electrons. The van der Waals surface area contributed by atoms with Gasteiger partial charge in [0.1, 0.15) is 11.8 Å². The number of aliphatic hydroxyl groups is 2. The largest absolute Gasteiger partial charge is 0.481 e. The van der Waals surface area contributed by atoms with E-state index >= 15 is 0 Å². The Morgan fingerprint density at radius 1 is 0.908 bits per heavy atom. The van der Waals surface area contributed by atoms with Gasteiger partial charge < -0.3 is 49.6 Å². The number of aromatic nitrogens is 1. The Morgan fingerprint density at radius 3 is 2.26 bits per heavy atom. The molecule has 4 saturated heterocycles. The molecule has 1 unspecified atom stereocenters. The number of carboxylic acid groups (broad SMARTS) is 1. The van der Waals surface area contributed by atoms with Gasteiger partial charge in [0.25, 0.3) is 0 Å². The maximum atomic E-state index is 14.7. The van der Waals surface area contributed by atoms with E-state index < -0.39 is 107 Å². The number of hydrogen-bond acceptors (Lipinski definition) is 12. The summed E-state index contributed by atoms with van der Waals surface area (Å²) in [6.45, 7) is 19.5. The molecule has 2 amide bonds. The van der Waals surface area contributed by atoms with Crippen molar-refractivity contribution in [1.82, 2.24) is 15.6 Å². The van der Waals surface area contributed by atoms with Crippen molar-refractivity contribution >= 4 is 23.6 Å². The number of aliphatic hydroxyl groups excluding tert-OH is 1. The highest BCUT2D eigenvalue weighted by atomic mass is 16.8. The van der Waals surface area contributed by atoms with Crippen molar-refractivity contribution in [3.63, 3.8) is 0 Å². The highest BCUT2D eigenvalue weighted by Gasteiger charge is 2.63. The Bertz CT molecular complexity index is 1870. The number of pyridine rings is 1. The number of Topliss-reactive ketones (excluding diaryl/α,β-unsaturated/α-hetero) is 1. The van der Waals surface area contributed by atoms with Crippen molar-refractivity contribution in [2.75, 3.05) is 0 Å². The third-order valence-corrected chi connectivity index (χ3v) is 16.1. The molecule has 5 aliphatic heterocycles.